The van der Waals surface area contributed by atoms with Crippen LogP contribution in [0, 0.1) is 11.8 Å². The summed E-state index contributed by atoms with van der Waals surface area (Å²) in [5, 5.41) is 8.64. The zero-order valence-electron chi connectivity index (χ0n) is 20.6. The maximum Gasteiger partial charge on any atom is 0.270 e. The molecule has 4 aromatic rings. The monoisotopic (exact) mass is 522 g/mol. The fourth-order valence-corrected chi connectivity index (χ4v) is 6.17. The van der Waals surface area contributed by atoms with Gasteiger partial charge in [0.15, 0.2) is 22.0 Å². The van der Waals surface area contributed by atoms with E-state index < -0.39 is 10.0 Å². The molecular formula is C26H26N4O6S. The molecule has 6 rings (SSSR count). The van der Waals surface area contributed by atoms with Crippen molar-refractivity contribution in [3.8, 4) is 17.2 Å². The Labute approximate surface area is 213 Å². The first-order valence-electron chi connectivity index (χ1n) is 11.9. The van der Waals surface area contributed by atoms with E-state index in [-0.39, 0.29) is 22.2 Å². The van der Waals surface area contributed by atoms with E-state index in [1.54, 1.807) is 29.1 Å². The molecule has 37 heavy (non-hydrogen) atoms. The summed E-state index contributed by atoms with van der Waals surface area (Å²) in [6.45, 7) is 0.486. The van der Waals surface area contributed by atoms with Gasteiger partial charge in [0.25, 0.3) is 10.0 Å². The second kappa shape index (κ2) is 8.84. The lowest BCUT2D eigenvalue weighted by atomic mass is 10.1. The molecule has 11 heteroatoms. The molecule has 1 fully saturated rings. The van der Waals surface area contributed by atoms with Gasteiger partial charge in [0.2, 0.25) is 0 Å². The highest BCUT2D eigenvalue weighted by atomic mass is 32.2. The molecule has 2 aromatic heterocycles. The number of sulfonamides is 1. The molecular weight excluding hydrogens is 496 g/mol. The fraction of sp³-hybridized carbons (Fsp3) is 0.308. The first-order chi connectivity index (χ1) is 17.9. The fourth-order valence-electron chi connectivity index (χ4n) is 4.82. The normalized spacial score (nSPS) is 16.9. The van der Waals surface area contributed by atoms with Crippen LogP contribution in [-0.4, -0.2) is 44.7 Å². The molecule has 2 aromatic carbocycles. The molecule has 0 bridgehead atoms. The van der Waals surface area contributed by atoms with Gasteiger partial charge in [-0.2, -0.15) is 5.10 Å². The van der Waals surface area contributed by atoms with Gasteiger partial charge in [-0.15, -0.1) is 0 Å². The van der Waals surface area contributed by atoms with Gasteiger partial charge in [0.05, 0.1) is 27.9 Å². The van der Waals surface area contributed by atoms with Crippen LogP contribution in [0.25, 0.3) is 16.5 Å². The summed E-state index contributed by atoms with van der Waals surface area (Å²) in [5.41, 5.74) is 3.10. The summed E-state index contributed by atoms with van der Waals surface area (Å²) in [6.07, 6.45) is 8.10. The smallest absolute Gasteiger partial charge is 0.270 e. The quantitative estimate of drug-likeness (QED) is 0.327. The molecule has 1 atom stereocenters. The number of hydrogen-bond donors (Lipinski definition) is 1. The third-order valence-electron chi connectivity index (χ3n) is 6.77. The minimum absolute atomic E-state index is 0.00786. The molecule has 0 aliphatic heterocycles. The van der Waals surface area contributed by atoms with E-state index in [1.807, 2.05) is 18.3 Å². The summed E-state index contributed by atoms with van der Waals surface area (Å²) < 4.78 is 54.1. The number of anilines is 1. The maximum absolute atomic E-state index is 13.8. The Morgan fingerprint density at radius 3 is 2.59 bits per heavy atom. The summed E-state index contributed by atoms with van der Waals surface area (Å²) >= 11 is 0. The number of nitrogens with one attached hydrogen (secondary N) is 1. The van der Waals surface area contributed by atoms with Crippen LogP contribution < -0.4 is 18.9 Å². The van der Waals surface area contributed by atoms with Crippen LogP contribution in [0.15, 0.2) is 58.2 Å². The Morgan fingerprint density at radius 2 is 1.92 bits per heavy atom. The highest BCUT2D eigenvalue weighted by molar-refractivity contribution is 7.93. The molecule has 1 N–H and O–H groups in total. The third-order valence-corrected chi connectivity index (χ3v) is 8.16. The molecule has 0 saturated heterocycles. The van der Waals surface area contributed by atoms with E-state index in [1.165, 1.54) is 34.2 Å². The molecule has 2 heterocycles. The molecule has 10 nitrogen and oxygen atoms in total. The van der Waals surface area contributed by atoms with Crippen LogP contribution in [0.4, 0.5) is 5.82 Å². The van der Waals surface area contributed by atoms with Crippen molar-refractivity contribution in [2.24, 2.45) is 11.8 Å². The Bertz CT molecular complexity index is 1620. The number of hydrogen-bond acceptors (Lipinski definition) is 8. The number of aromatic nitrogens is 3. The Kier molecular flexibility index (Phi) is 5.59. The predicted octanol–water partition coefficient (Wildman–Crippen LogP) is 4.32. The van der Waals surface area contributed by atoms with Crippen LogP contribution in [0.5, 0.6) is 17.2 Å². The van der Waals surface area contributed by atoms with E-state index in [0.29, 0.717) is 35.1 Å². The predicted molar refractivity (Wildman–Crippen MR) is 136 cm³/mol. The van der Waals surface area contributed by atoms with Gasteiger partial charge < -0.3 is 18.7 Å². The van der Waals surface area contributed by atoms with Crippen molar-refractivity contribution < 1.29 is 27.2 Å². The van der Waals surface area contributed by atoms with Crippen LogP contribution in [0.3, 0.4) is 0 Å². The zero-order chi connectivity index (χ0) is 25.7. The molecule has 0 spiro atoms. The van der Waals surface area contributed by atoms with Gasteiger partial charge in [0, 0.05) is 23.9 Å². The molecule has 2 aliphatic carbocycles. The van der Waals surface area contributed by atoms with Crippen LogP contribution in [0.1, 0.15) is 24.0 Å². The van der Waals surface area contributed by atoms with Gasteiger partial charge in [-0.25, -0.2) is 8.42 Å². The standard InChI is InChI=1S/C26H26N4O6S/c1-33-20-8-7-17(19-13-18(19)16-5-6-16)24(35-3)25(20)37(31,32)29-26-23-21(34-2)11-15(12-22(23)36-28-26)14-30-10-4-9-27-30/h4,7-13,16,18H,5-6,14H2,1-3H3,(H,28,29). The summed E-state index contributed by atoms with van der Waals surface area (Å²) in [4.78, 5) is -0.0947. The van der Waals surface area contributed by atoms with E-state index >= 15 is 0 Å². The number of nitrogens with zero attached hydrogens (tertiary/aromatic N) is 3. The van der Waals surface area contributed by atoms with E-state index in [0.717, 1.165) is 16.7 Å². The number of benzene rings is 2. The molecule has 0 amide bonds. The van der Waals surface area contributed by atoms with E-state index in [4.69, 9.17) is 18.7 Å². The summed E-state index contributed by atoms with van der Waals surface area (Å²) in [5.74, 6) is 1.86. The number of ether oxygens (including phenoxy) is 3. The highest BCUT2D eigenvalue weighted by Gasteiger charge is 2.42. The van der Waals surface area contributed by atoms with Gasteiger partial charge in [-0.3, -0.25) is 9.40 Å². The lowest BCUT2D eigenvalue weighted by Crippen LogP contribution is -2.16. The molecule has 0 radical (unpaired) electrons. The average Bonchev–Trinajstić information content (AvgIpc) is 3.80. The number of rotatable bonds is 10. The minimum atomic E-state index is -4.21. The first kappa shape index (κ1) is 23.4. The van der Waals surface area contributed by atoms with Gasteiger partial charge >= 0.3 is 0 Å². The van der Waals surface area contributed by atoms with Crippen molar-refractivity contribution >= 4 is 32.4 Å². The van der Waals surface area contributed by atoms with Crippen molar-refractivity contribution in [3.63, 3.8) is 0 Å². The van der Waals surface area contributed by atoms with Crippen molar-refractivity contribution in [3.05, 3.63) is 59.9 Å². The van der Waals surface area contributed by atoms with Gasteiger partial charge in [-0.05, 0) is 60.2 Å². The Hall–Kier alpha value is -3.99. The zero-order valence-corrected chi connectivity index (χ0v) is 21.4. The van der Waals surface area contributed by atoms with Crippen LogP contribution in [-0.2, 0) is 16.6 Å². The van der Waals surface area contributed by atoms with Crippen molar-refractivity contribution in [2.75, 3.05) is 26.1 Å². The van der Waals surface area contributed by atoms with E-state index in [2.05, 4.69) is 21.1 Å². The number of methoxy groups -OCH3 is 3. The van der Waals surface area contributed by atoms with Crippen LogP contribution >= 0.6 is 0 Å². The molecule has 192 valence electrons. The largest absolute Gasteiger partial charge is 0.496 e. The lowest BCUT2D eigenvalue weighted by molar-refractivity contribution is 0.372. The second-order valence-corrected chi connectivity index (χ2v) is 10.8. The Morgan fingerprint density at radius 1 is 1.11 bits per heavy atom. The average molecular weight is 523 g/mol. The first-order valence-corrected chi connectivity index (χ1v) is 13.4. The SMILES string of the molecule is COc1ccc(C2=CC2C2CC2)c(OC)c1S(=O)(=O)Nc1noc2cc(Cn3cccn3)cc(OC)c12. The second-order valence-electron chi connectivity index (χ2n) is 9.17. The Balaban J connectivity index is 1.38. The topological polar surface area (TPSA) is 118 Å². The summed E-state index contributed by atoms with van der Waals surface area (Å²) in [6, 6.07) is 8.92. The van der Waals surface area contributed by atoms with Crippen molar-refractivity contribution in [1.82, 2.24) is 14.9 Å². The lowest BCUT2D eigenvalue weighted by Gasteiger charge is -2.17. The van der Waals surface area contributed by atoms with E-state index in [9.17, 15) is 8.42 Å². The summed E-state index contributed by atoms with van der Waals surface area (Å²) in [7, 11) is 0.184. The molecule has 1 unspecified atom stereocenters. The highest BCUT2D eigenvalue weighted by Crippen LogP contribution is 2.56. The maximum atomic E-state index is 13.8. The number of allylic oxidation sites excluding steroid dienone is 2. The van der Waals surface area contributed by atoms with Crippen molar-refractivity contribution in [1.29, 1.82) is 0 Å². The van der Waals surface area contributed by atoms with Gasteiger partial charge in [0.1, 0.15) is 16.9 Å². The minimum Gasteiger partial charge on any atom is -0.496 e. The molecule has 1 saturated carbocycles. The number of fused-ring (bicyclic) bond motifs is 1. The molecule has 2 aliphatic rings. The van der Waals surface area contributed by atoms with Crippen molar-refractivity contribution in [2.45, 2.75) is 24.3 Å². The van der Waals surface area contributed by atoms with Crippen LogP contribution in [0.2, 0.25) is 0 Å². The van der Waals surface area contributed by atoms with Gasteiger partial charge in [-0.1, -0.05) is 11.2 Å². The third kappa shape index (κ3) is 4.18.